The van der Waals surface area contributed by atoms with E-state index in [1.54, 1.807) is 24.3 Å². The van der Waals surface area contributed by atoms with Crippen LogP contribution in [0.2, 0.25) is 0 Å². The molecule has 0 bridgehead atoms. The molecule has 0 spiro atoms. The fourth-order valence-electron chi connectivity index (χ4n) is 2.17. The molecule has 0 aliphatic rings. The minimum atomic E-state index is -1.98. The Labute approximate surface area is 139 Å². The van der Waals surface area contributed by atoms with Crippen LogP contribution in [0.4, 0.5) is 0 Å². The number of benzene rings is 1. The number of carbonyl (C=O) groups is 3. The van der Waals surface area contributed by atoms with Crippen molar-refractivity contribution in [2.75, 3.05) is 13.7 Å². The Hall–Kier alpha value is -2.67. The topological polar surface area (TPSA) is 110 Å². The second kappa shape index (κ2) is 8.83. The number of aliphatic carboxylic acids is 2. The third-order valence-corrected chi connectivity index (χ3v) is 3.67. The zero-order chi connectivity index (χ0) is 18.2. The van der Waals surface area contributed by atoms with E-state index in [2.05, 4.69) is 6.58 Å². The zero-order valence-corrected chi connectivity index (χ0v) is 13.4. The molecule has 0 aromatic heterocycles. The van der Waals surface area contributed by atoms with Gasteiger partial charge < -0.3 is 19.7 Å². The van der Waals surface area contributed by atoms with Gasteiger partial charge in [0.15, 0.2) is 0 Å². The average Bonchev–Trinajstić information content (AvgIpc) is 2.56. The van der Waals surface area contributed by atoms with Gasteiger partial charge in [-0.25, -0.2) is 4.79 Å². The van der Waals surface area contributed by atoms with E-state index in [1.807, 2.05) is 6.07 Å². The Morgan fingerprint density at radius 1 is 1.17 bits per heavy atom. The van der Waals surface area contributed by atoms with Crippen LogP contribution in [0.25, 0.3) is 0 Å². The van der Waals surface area contributed by atoms with Gasteiger partial charge in [-0.3, -0.25) is 9.59 Å². The average molecular weight is 336 g/mol. The molecule has 0 aliphatic heterocycles. The second-order valence-electron chi connectivity index (χ2n) is 5.24. The molecule has 0 amide bonds. The normalized spacial score (nSPS) is 12.9. The summed E-state index contributed by atoms with van der Waals surface area (Å²) in [6, 6.07) is 8.85. The maximum absolute atomic E-state index is 12.1. The Balaban J connectivity index is 2.89. The van der Waals surface area contributed by atoms with Crippen molar-refractivity contribution in [3.05, 3.63) is 48.0 Å². The van der Waals surface area contributed by atoms with Gasteiger partial charge in [0.25, 0.3) is 0 Å². The summed E-state index contributed by atoms with van der Waals surface area (Å²) in [4.78, 5) is 35.0. The standard InChI is InChI=1S/C17H20O7/c1-12(15(19)20)17(16(21)22,8-9-23-2)10-14(18)24-11-13-6-4-3-5-7-13/h3-7H,1,8-11H2,2H3,(H,19,20)(H,21,22). The summed E-state index contributed by atoms with van der Waals surface area (Å²) < 4.78 is 9.91. The number of esters is 1. The van der Waals surface area contributed by atoms with E-state index in [0.717, 1.165) is 5.56 Å². The van der Waals surface area contributed by atoms with Gasteiger partial charge in [0.2, 0.25) is 0 Å². The fraction of sp³-hybridized carbons (Fsp3) is 0.353. The molecular weight excluding hydrogens is 316 g/mol. The van der Waals surface area contributed by atoms with Crippen LogP contribution in [0.15, 0.2) is 42.5 Å². The van der Waals surface area contributed by atoms with Gasteiger partial charge >= 0.3 is 17.9 Å². The third-order valence-electron chi connectivity index (χ3n) is 3.67. The van der Waals surface area contributed by atoms with Gasteiger partial charge in [-0.2, -0.15) is 0 Å². The van der Waals surface area contributed by atoms with E-state index in [0.29, 0.717) is 0 Å². The molecule has 1 aromatic rings. The zero-order valence-electron chi connectivity index (χ0n) is 13.4. The lowest BCUT2D eigenvalue weighted by Gasteiger charge is -2.28. The maximum atomic E-state index is 12.1. The highest BCUT2D eigenvalue weighted by atomic mass is 16.5. The van der Waals surface area contributed by atoms with Gasteiger partial charge in [0.1, 0.15) is 12.0 Å². The Morgan fingerprint density at radius 2 is 1.79 bits per heavy atom. The van der Waals surface area contributed by atoms with Crippen molar-refractivity contribution in [3.63, 3.8) is 0 Å². The van der Waals surface area contributed by atoms with Gasteiger partial charge in [0.05, 0.1) is 6.42 Å². The van der Waals surface area contributed by atoms with E-state index in [1.165, 1.54) is 7.11 Å². The maximum Gasteiger partial charge on any atom is 0.332 e. The highest BCUT2D eigenvalue weighted by Gasteiger charge is 2.46. The Bertz CT molecular complexity index is 609. The highest BCUT2D eigenvalue weighted by Crippen LogP contribution is 2.36. The van der Waals surface area contributed by atoms with Crippen molar-refractivity contribution in [3.8, 4) is 0 Å². The molecule has 0 saturated heterocycles. The molecule has 1 atom stereocenters. The smallest absolute Gasteiger partial charge is 0.332 e. The SMILES string of the molecule is C=C(C(=O)O)C(CCOC)(CC(=O)OCc1ccccc1)C(=O)O. The van der Waals surface area contributed by atoms with Crippen LogP contribution in [-0.4, -0.2) is 41.8 Å². The van der Waals surface area contributed by atoms with Crippen LogP contribution in [0, 0.1) is 5.41 Å². The van der Waals surface area contributed by atoms with Crippen molar-refractivity contribution in [2.45, 2.75) is 19.4 Å². The van der Waals surface area contributed by atoms with Crippen molar-refractivity contribution in [1.82, 2.24) is 0 Å². The monoisotopic (exact) mass is 336 g/mol. The van der Waals surface area contributed by atoms with E-state index in [4.69, 9.17) is 14.6 Å². The summed E-state index contributed by atoms with van der Waals surface area (Å²) in [5.74, 6) is -3.76. The van der Waals surface area contributed by atoms with Gasteiger partial charge in [-0.1, -0.05) is 36.9 Å². The summed E-state index contributed by atoms with van der Waals surface area (Å²) in [6.45, 7) is 3.26. The minimum Gasteiger partial charge on any atom is -0.481 e. The van der Waals surface area contributed by atoms with Crippen LogP contribution >= 0.6 is 0 Å². The number of carboxylic acids is 2. The highest BCUT2D eigenvalue weighted by molar-refractivity contribution is 5.98. The first-order chi connectivity index (χ1) is 11.3. The number of hydrogen-bond acceptors (Lipinski definition) is 5. The van der Waals surface area contributed by atoms with E-state index in [-0.39, 0.29) is 19.6 Å². The van der Waals surface area contributed by atoms with Gasteiger partial charge in [0, 0.05) is 19.3 Å². The lowest BCUT2D eigenvalue weighted by molar-refractivity contribution is -0.159. The third kappa shape index (κ3) is 4.92. The van der Waals surface area contributed by atoms with Crippen LogP contribution in [0.5, 0.6) is 0 Å². The van der Waals surface area contributed by atoms with Gasteiger partial charge in [-0.15, -0.1) is 0 Å². The number of carbonyl (C=O) groups excluding carboxylic acids is 1. The fourth-order valence-corrected chi connectivity index (χ4v) is 2.17. The lowest BCUT2D eigenvalue weighted by Crippen LogP contribution is -2.39. The first-order valence-corrected chi connectivity index (χ1v) is 7.18. The van der Waals surface area contributed by atoms with Crippen LogP contribution in [0.3, 0.4) is 0 Å². The Morgan fingerprint density at radius 3 is 2.29 bits per heavy atom. The van der Waals surface area contributed by atoms with Crippen molar-refractivity contribution in [1.29, 1.82) is 0 Å². The summed E-state index contributed by atoms with van der Waals surface area (Å²) in [5.41, 5.74) is -1.82. The largest absolute Gasteiger partial charge is 0.481 e. The van der Waals surface area contributed by atoms with Crippen LogP contribution in [-0.2, 0) is 30.5 Å². The molecule has 0 heterocycles. The molecule has 0 radical (unpaired) electrons. The summed E-state index contributed by atoms with van der Waals surface area (Å²) in [7, 11) is 1.35. The van der Waals surface area contributed by atoms with Crippen molar-refractivity contribution >= 4 is 17.9 Å². The van der Waals surface area contributed by atoms with E-state index in [9.17, 15) is 19.5 Å². The predicted octanol–water partition coefficient (Wildman–Crippen LogP) is 1.87. The molecule has 1 aromatic carbocycles. The molecule has 130 valence electrons. The quantitative estimate of drug-likeness (QED) is 0.495. The molecule has 1 unspecified atom stereocenters. The number of carboxylic acid groups (broad SMARTS) is 2. The van der Waals surface area contributed by atoms with Crippen molar-refractivity contribution < 1.29 is 34.1 Å². The predicted molar refractivity (Wildman–Crippen MR) is 84.2 cm³/mol. The Kier molecular flexibility index (Phi) is 7.13. The van der Waals surface area contributed by atoms with Crippen LogP contribution in [0.1, 0.15) is 18.4 Å². The summed E-state index contributed by atoms with van der Waals surface area (Å²) in [5, 5.41) is 18.6. The molecule has 0 fully saturated rings. The van der Waals surface area contributed by atoms with Crippen LogP contribution < -0.4 is 0 Å². The first kappa shape index (κ1) is 19.4. The van der Waals surface area contributed by atoms with E-state index < -0.39 is 35.3 Å². The summed E-state index contributed by atoms with van der Waals surface area (Å²) in [6.07, 6.45) is -0.839. The summed E-state index contributed by atoms with van der Waals surface area (Å²) >= 11 is 0. The molecule has 0 saturated carbocycles. The second-order valence-corrected chi connectivity index (χ2v) is 5.24. The number of methoxy groups -OCH3 is 1. The number of ether oxygens (including phenoxy) is 2. The first-order valence-electron chi connectivity index (χ1n) is 7.18. The van der Waals surface area contributed by atoms with Gasteiger partial charge in [-0.05, 0) is 12.0 Å². The molecule has 7 heteroatoms. The molecule has 0 aliphatic carbocycles. The molecule has 1 rings (SSSR count). The minimum absolute atomic E-state index is 0.0286. The van der Waals surface area contributed by atoms with Crippen molar-refractivity contribution in [2.24, 2.45) is 5.41 Å². The molecule has 24 heavy (non-hydrogen) atoms. The molecular formula is C17H20O7. The van der Waals surface area contributed by atoms with E-state index >= 15 is 0 Å². The molecule has 2 N–H and O–H groups in total. The number of hydrogen-bond donors (Lipinski definition) is 2. The number of rotatable bonds is 10. The molecule has 7 nitrogen and oxygen atoms in total. The lowest BCUT2D eigenvalue weighted by atomic mass is 9.75.